The van der Waals surface area contributed by atoms with E-state index in [1.165, 1.54) is 16.8 Å². The summed E-state index contributed by atoms with van der Waals surface area (Å²) in [5.74, 6) is 0. The van der Waals surface area contributed by atoms with E-state index in [1.54, 1.807) is 0 Å². The third kappa shape index (κ3) is 2.83. The predicted octanol–water partition coefficient (Wildman–Crippen LogP) is 5.70. The molecule has 0 saturated carbocycles. The second-order valence-corrected chi connectivity index (χ2v) is 5.18. The fraction of sp³-hybridized carbons (Fsp3) is 0.158. The Morgan fingerprint density at radius 1 is 0.900 bits per heavy atom. The van der Waals surface area contributed by atoms with E-state index in [0.29, 0.717) is 0 Å². The van der Waals surface area contributed by atoms with Crippen molar-refractivity contribution >= 4 is 16.9 Å². The molecule has 102 valence electrons. The second kappa shape index (κ2) is 5.79. The van der Waals surface area contributed by atoms with Gasteiger partial charge in [-0.2, -0.15) is 0 Å². The number of aryl methyl sites for hydroxylation is 1. The van der Waals surface area contributed by atoms with Crippen molar-refractivity contribution < 1.29 is 0 Å². The van der Waals surface area contributed by atoms with Crippen LogP contribution in [0.15, 0.2) is 67.4 Å². The van der Waals surface area contributed by atoms with Gasteiger partial charge in [0, 0.05) is 17.1 Å². The van der Waals surface area contributed by atoms with Crippen molar-refractivity contribution in [2.75, 3.05) is 4.90 Å². The van der Waals surface area contributed by atoms with E-state index >= 15 is 0 Å². The van der Waals surface area contributed by atoms with Crippen LogP contribution in [-0.4, -0.2) is 0 Å². The number of hydrogen-bond donors (Lipinski definition) is 0. The predicted molar refractivity (Wildman–Crippen MR) is 89.3 cm³/mol. The van der Waals surface area contributed by atoms with Crippen molar-refractivity contribution in [1.29, 1.82) is 0 Å². The normalized spacial score (nSPS) is 10.2. The number of nitrogens with zero attached hydrogens (tertiary/aromatic N) is 1. The molecule has 0 heterocycles. The Morgan fingerprint density at radius 3 is 2.00 bits per heavy atom. The van der Waals surface area contributed by atoms with Gasteiger partial charge in [-0.3, -0.25) is 0 Å². The van der Waals surface area contributed by atoms with Crippen LogP contribution in [0.1, 0.15) is 25.0 Å². The van der Waals surface area contributed by atoms with Crippen LogP contribution in [0.25, 0.3) is 5.57 Å². The molecule has 0 N–H and O–H groups in total. The van der Waals surface area contributed by atoms with E-state index in [-0.39, 0.29) is 0 Å². The molecule has 0 spiro atoms. The molecule has 0 radical (unpaired) electrons. The summed E-state index contributed by atoms with van der Waals surface area (Å²) in [5.41, 5.74) is 6.77. The molecule has 0 aromatic heterocycles. The van der Waals surface area contributed by atoms with Crippen LogP contribution in [0.5, 0.6) is 0 Å². The molecule has 0 aliphatic rings. The Bertz CT molecular complexity index is 635. The minimum atomic E-state index is 1.00. The molecular formula is C19H21N. The minimum absolute atomic E-state index is 1.00. The second-order valence-electron chi connectivity index (χ2n) is 5.18. The van der Waals surface area contributed by atoms with Crippen LogP contribution in [-0.2, 0) is 0 Å². The van der Waals surface area contributed by atoms with Gasteiger partial charge in [-0.1, -0.05) is 49.1 Å². The number of allylic oxidation sites excluding steroid dienone is 2. The highest BCUT2D eigenvalue weighted by Crippen LogP contribution is 2.32. The van der Waals surface area contributed by atoms with Gasteiger partial charge < -0.3 is 4.90 Å². The summed E-state index contributed by atoms with van der Waals surface area (Å²) in [6, 6.07) is 16.8. The molecular weight excluding hydrogens is 242 g/mol. The monoisotopic (exact) mass is 263 g/mol. The van der Waals surface area contributed by atoms with E-state index in [9.17, 15) is 0 Å². The molecule has 2 rings (SSSR count). The molecule has 0 bridgehead atoms. The van der Waals surface area contributed by atoms with Crippen molar-refractivity contribution in [2.45, 2.75) is 20.8 Å². The topological polar surface area (TPSA) is 3.24 Å². The lowest BCUT2D eigenvalue weighted by Gasteiger charge is -2.27. The fourth-order valence-corrected chi connectivity index (χ4v) is 2.27. The lowest BCUT2D eigenvalue weighted by atomic mass is 10.1. The van der Waals surface area contributed by atoms with E-state index in [0.717, 1.165) is 17.0 Å². The van der Waals surface area contributed by atoms with E-state index in [4.69, 9.17) is 0 Å². The first kappa shape index (κ1) is 14.1. The van der Waals surface area contributed by atoms with Gasteiger partial charge in [-0.25, -0.2) is 0 Å². The summed E-state index contributed by atoms with van der Waals surface area (Å²) in [7, 11) is 0. The molecule has 1 nitrogen and oxygen atoms in total. The average molecular weight is 263 g/mol. The summed E-state index contributed by atoms with van der Waals surface area (Å²) in [5, 5.41) is 0. The van der Waals surface area contributed by atoms with Gasteiger partial charge in [0.25, 0.3) is 0 Å². The van der Waals surface area contributed by atoms with Crippen LogP contribution in [0, 0.1) is 6.92 Å². The van der Waals surface area contributed by atoms with E-state index in [2.05, 4.69) is 73.5 Å². The van der Waals surface area contributed by atoms with Crippen LogP contribution in [0.2, 0.25) is 0 Å². The Hall–Kier alpha value is -2.28. The van der Waals surface area contributed by atoms with Gasteiger partial charge in [0.05, 0.1) is 0 Å². The highest BCUT2D eigenvalue weighted by Gasteiger charge is 2.12. The van der Waals surface area contributed by atoms with E-state index < -0.39 is 0 Å². The molecule has 2 aromatic rings. The minimum Gasteiger partial charge on any atom is -0.315 e. The van der Waals surface area contributed by atoms with Gasteiger partial charge in [0.15, 0.2) is 0 Å². The smallest absolute Gasteiger partial charge is 0.0487 e. The first-order valence-corrected chi connectivity index (χ1v) is 6.78. The summed E-state index contributed by atoms with van der Waals surface area (Å²) in [6.07, 6.45) is 0. The molecule has 0 amide bonds. The van der Waals surface area contributed by atoms with Crippen LogP contribution in [0.3, 0.4) is 0 Å². The van der Waals surface area contributed by atoms with Crippen molar-refractivity contribution in [1.82, 2.24) is 0 Å². The molecule has 0 aliphatic heterocycles. The summed E-state index contributed by atoms with van der Waals surface area (Å²) in [6.45, 7) is 14.3. The Balaban J connectivity index is 2.47. The van der Waals surface area contributed by atoms with Crippen molar-refractivity contribution in [3.05, 3.63) is 78.5 Å². The number of rotatable bonds is 4. The zero-order valence-corrected chi connectivity index (χ0v) is 12.5. The molecule has 0 unspecified atom stereocenters. The largest absolute Gasteiger partial charge is 0.315 e. The number of benzene rings is 2. The molecule has 0 aliphatic carbocycles. The molecule has 0 atom stereocenters. The molecule has 0 fully saturated rings. The third-order valence-corrected chi connectivity index (χ3v) is 3.36. The number of anilines is 2. The zero-order valence-electron chi connectivity index (χ0n) is 12.5. The fourth-order valence-electron chi connectivity index (χ4n) is 2.27. The van der Waals surface area contributed by atoms with Crippen LogP contribution in [0.4, 0.5) is 11.4 Å². The molecule has 2 aromatic carbocycles. The van der Waals surface area contributed by atoms with Crippen LogP contribution >= 0.6 is 0 Å². The Morgan fingerprint density at radius 2 is 1.50 bits per heavy atom. The van der Waals surface area contributed by atoms with Gasteiger partial charge in [0.2, 0.25) is 0 Å². The molecule has 20 heavy (non-hydrogen) atoms. The van der Waals surface area contributed by atoms with Gasteiger partial charge in [-0.15, -0.1) is 0 Å². The lowest BCUT2D eigenvalue weighted by Crippen LogP contribution is -2.14. The first-order valence-electron chi connectivity index (χ1n) is 6.78. The van der Waals surface area contributed by atoms with E-state index in [1.807, 2.05) is 13.8 Å². The SMILES string of the molecule is C=C(C)c1ccc(N(C(=C)C)c2ccccc2C)cc1. The van der Waals surface area contributed by atoms with Gasteiger partial charge >= 0.3 is 0 Å². The van der Waals surface area contributed by atoms with Crippen molar-refractivity contribution in [3.8, 4) is 0 Å². The number of hydrogen-bond acceptors (Lipinski definition) is 1. The Kier molecular flexibility index (Phi) is 4.09. The molecule has 0 saturated heterocycles. The first-order chi connectivity index (χ1) is 9.50. The molecule has 1 heteroatoms. The van der Waals surface area contributed by atoms with Crippen LogP contribution < -0.4 is 4.90 Å². The lowest BCUT2D eigenvalue weighted by molar-refractivity contribution is 1.15. The number of para-hydroxylation sites is 1. The van der Waals surface area contributed by atoms with Crippen molar-refractivity contribution in [3.63, 3.8) is 0 Å². The summed E-state index contributed by atoms with van der Waals surface area (Å²) >= 11 is 0. The maximum absolute atomic E-state index is 4.12. The maximum atomic E-state index is 4.12. The highest BCUT2D eigenvalue weighted by atomic mass is 15.1. The highest BCUT2D eigenvalue weighted by molar-refractivity contribution is 5.72. The quantitative estimate of drug-likeness (QED) is 0.684. The Labute approximate surface area is 121 Å². The zero-order chi connectivity index (χ0) is 14.7. The van der Waals surface area contributed by atoms with Crippen molar-refractivity contribution in [2.24, 2.45) is 0 Å². The summed E-state index contributed by atoms with van der Waals surface area (Å²) < 4.78 is 0. The third-order valence-electron chi connectivity index (χ3n) is 3.36. The maximum Gasteiger partial charge on any atom is 0.0487 e. The average Bonchev–Trinajstić information content (AvgIpc) is 2.41. The van der Waals surface area contributed by atoms with Gasteiger partial charge in [0.1, 0.15) is 0 Å². The standard InChI is InChI=1S/C19H21N/c1-14(2)17-10-12-18(13-11-17)20(15(3)4)19-9-7-6-8-16(19)5/h6-13H,1,3H2,2,4-5H3. The summed E-state index contributed by atoms with van der Waals surface area (Å²) in [4.78, 5) is 2.18. The van der Waals surface area contributed by atoms with Gasteiger partial charge in [-0.05, 0) is 50.1 Å².